The molecule has 0 aliphatic heterocycles. The molecule has 0 aliphatic carbocycles. The monoisotopic (exact) mass is 265 g/mol. The number of rotatable bonds is 4. The van der Waals surface area contributed by atoms with E-state index in [1.54, 1.807) is 18.2 Å². The van der Waals surface area contributed by atoms with E-state index in [1.165, 1.54) is 0 Å². The molecule has 5 heteroatoms. The number of carbonyl (C=O) groups is 2. The molecule has 104 valence electrons. The Bertz CT molecular complexity index is 463. The van der Waals surface area contributed by atoms with Gasteiger partial charge in [0, 0.05) is 6.54 Å². The Balaban J connectivity index is 2.66. The molecular weight excluding hydrogens is 246 g/mol. The van der Waals surface area contributed by atoms with E-state index < -0.39 is 11.7 Å². The average Bonchev–Trinajstić information content (AvgIpc) is 2.26. The number of hydrogen-bond donors (Lipinski definition) is 2. The smallest absolute Gasteiger partial charge is 0.404 e. The van der Waals surface area contributed by atoms with Crippen molar-refractivity contribution >= 4 is 12.1 Å². The van der Waals surface area contributed by atoms with Crippen LogP contribution in [-0.2, 0) is 11.2 Å². The molecule has 0 unspecified atom stereocenters. The highest BCUT2D eigenvalue weighted by Crippen LogP contribution is 2.13. The Labute approximate surface area is 112 Å². The number of carboxylic acid groups (broad SMARTS) is 1. The van der Waals surface area contributed by atoms with E-state index >= 15 is 0 Å². The van der Waals surface area contributed by atoms with Crippen molar-refractivity contribution in [3.8, 4) is 0 Å². The summed E-state index contributed by atoms with van der Waals surface area (Å²) < 4.78 is 5.27. The van der Waals surface area contributed by atoms with Gasteiger partial charge in [0.15, 0.2) is 0 Å². The lowest BCUT2D eigenvalue weighted by Crippen LogP contribution is -2.24. The van der Waals surface area contributed by atoms with Gasteiger partial charge in [-0.05, 0) is 44.9 Å². The summed E-state index contributed by atoms with van der Waals surface area (Å²) >= 11 is 0. The molecule has 0 aliphatic rings. The lowest BCUT2D eigenvalue weighted by atomic mass is 10.1. The number of nitrogens with one attached hydrogen (secondary N) is 1. The van der Waals surface area contributed by atoms with E-state index in [-0.39, 0.29) is 5.97 Å². The second-order valence-corrected chi connectivity index (χ2v) is 5.18. The van der Waals surface area contributed by atoms with E-state index in [9.17, 15) is 9.59 Å². The fraction of sp³-hybridized carbons (Fsp3) is 0.429. The first kappa shape index (κ1) is 15.0. The summed E-state index contributed by atoms with van der Waals surface area (Å²) in [6.45, 7) is 5.75. The van der Waals surface area contributed by atoms with Gasteiger partial charge in [-0.25, -0.2) is 9.59 Å². The Morgan fingerprint density at radius 2 is 2.00 bits per heavy atom. The van der Waals surface area contributed by atoms with Crippen molar-refractivity contribution in [1.82, 2.24) is 5.32 Å². The van der Waals surface area contributed by atoms with Crippen LogP contribution in [0.15, 0.2) is 24.3 Å². The van der Waals surface area contributed by atoms with Crippen LogP contribution in [0, 0.1) is 0 Å². The molecule has 19 heavy (non-hydrogen) atoms. The first-order valence-corrected chi connectivity index (χ1v) is 6.07. The maximum atomic E-state index is 11.9. The lowest BCUT2D eigenvalue weighted by molar-refractivity contribution is 0.00693. The molecule has 0 spiro atoms. The summed E-state index contributed by atoms with van der Waals surface area (Å²) in [5, 5.41) is 10.8. The maximum Gasteiger partial charge on any atom is 0.404 e. The Morgan fingerprint density at radius 3 is 2.58 bits per heavy atom. The molecule has 1 rings (SSSR count). The second kappa shape index (κ2) is 6.22. The summed E-state index contributed by atoms with van der Waals surface area (Å²) in [7, 11) is 0. The number of benzene rings is 1. The normalized spacial score (nSPS) is 10.9. The van der Waals surface area contributed by atoms with Crippen LogP contribution < -0.4 is 5.32 Å². The fourth-order valence-corrected chi connectivity index (χ4v) is 1.50. The first-order chi connectivity index (χ1) is 8.78. The van der Waals surface area contributed by atoms with Gasteiger partial charge in [0.05, 0.1) is 5.56 Å². The SMILES string of the molecule is CC(C)(C)OC(=O)c1cccc(CCNC(=O)O)c1. The van der Waals surface area contributed by atoms with Crippen molar-refractivity contribution in [1.29, 1.82) is 0 Å². The number of carbonyl (C=O) groups excluding carboxylic acids is 1. The molecule has 0 saturated carbocycles. The topological polar surface area (TPSA) is 75.6 Å². The van der Waals surface area contributed by atoms with E-state index in [0.29, 0.717) is 18.5 Å². The molecular formula is C14H19NO4. The number of hydrogen-bond acceptors (Lipinski definition) is 3. The van der Waals surface area contributed by atoms with Crippen LogP contribution in [0.5, 0.6) is 0 Å². The standard InChI is InChI=1S/C14H19NO4/c1-14(2,3)19-12(16)11-6-4-5-10(9-11)7-8-15-13(17)18/h4-6,9,15H,7-8H2,1-3H3,(H,17,18). The predicted molar refractivity (Wildman–Crippen MR) is 71.3 cm³/mol. The van der Waals surface area contributed by atoms with Crippen molar-refractivity contribution in [3.63, 3.8) is 0 Å². The molecule has 0 radical (unpaired) electrons. The Kier molecular flexibility index (Phi) is 4.92. The summed E-state index contributed by atoms with van der Waals surface area (Å²) in [5.74, 6) is -0.374. The van der Waals surface area contributed by atoms with E-state index in [0.717, 1.165) is 5.56 Å². The van der Waals surface area contributed by atoms with Crippen LogP contribution in [-0.4, -0.2) is 29.3 Å². The minimum absolute atomic E-state index is 0.313. The van der Waals surface area contributed by atoms with Crippen LogP contribution in [0.3, 0.4) is 0 Å². The summed E-state index contributed by atoms with van der Waals surface area (Å²) in [5.41, 5.74) is 0.831. The van der Waals surface area contributed by atoms with Crippen LogP contribution >= 0.6 is 0 Å². The van der Waals surface area contributed by atoms with Crippen LogP contribution in [0.2, 0.25) is 0 Å². The van der Waals surface area contributed by atoms with Gasteiger partial charge in [0.25, 0.3) is 0 Å². The van der Waals surface area contributed by atoms with Gasteiger partial charge in [0.2, 0.25) is 0 Å². The largest absolute Gasteiger partial charge is 0.465 e. The molecule has 0 bridgehead atoms. The molecule has 2 N–H and O–H groups in total. The van der Waals surface area contributed by atoms with Gasteiger partial charge in [-0.1, -0.05) is 12.1 Å². The molecule has 1 amide bonds. The Hall–Kier alpha value is -2.04. The highest BCUT2D eigenvalue weighted by molar-refractivity contribution is 5.89. The maximum absolute atomic E-state index is 11.9. The summed E-state index contributed by atoms with van der Waals surface area (Å²) in [4.78, 5) is 22.2. The van der Waals surface area contributed by atoms with Crippen LogP contribution in [0.4, 0.5) is 4.79 Å². The van der Waals surface area contributed by atoms with Gasteiger partial charge in [-0.15, -0.1) is 0 Å². The minimum atomic E-state index is -1.05. The van der Waals surface area contributed by atoms with Gasteiger partial charge in [-0.3, -0.25) is 0 Å². The van der Waals surface area contributed by atoms with E-state index in [2.05, 4.69) is 5.32 Å². The molecule has 0 aromatic heterocycles. The van der Waals surface area contributed by atoms with Gasteiger partial charge < -0.3 is 15.2 Å². The van der Waals surface area contributed by atoms with E-state index in [4.69, 9.17) is 9.84 Å². The lowest BCUT2D eigenvalue weighted by Gasteiger charge is -2.19. The quantitative estimate of drug-likeness (QED) is 0.820. The van der Waals surface area contributed by atoms with Crippen LogP contribution in [0.25, 0.3) is 0 Å². The predicted octanol–water partition coefficient (Wildman–Crippen LogP) is 2.45. The molecule has 5 nitrogen and oxygen atoms in total. The highest BCUT2D eigenvalue weighted by Gasteiger charge is 2.17. The van der Waals surface area contributed by atoms with Gasteiger partial charge in [0.1, 0.15) is 5.60 Å². The molecule has 0 saturated heterocycles. The first-order valence-electron chi connectivity index (χ1n) is 6.07. The third kappa shape index (κ3) is 5.90. The van der Waals surface area contributed by atoms with Crippen molar-refractivity contribution in [2.75, 3.05) is 6.54 Å². The summed E-state index contributed by atoms with van der Waals surface area (Å²) in [6, 6.07) is 7.01. The van der Waals surface area contributed by atoms with Crippen molar-refractivity contribution < 1.29 is 19.4 Å². The third-order valence-electron chi connectivity index (χ3n) is 2.25. The highest BCUT2D eigenvalue weighted by atomic mass is 16.6. The van der Waals surface area contributed by atoms with Crippen LogP contribution in [0.1, 0.15) is 36.7 Å². The number of ether oxygens (including phenoxy) is 1. The van der Waals surface area contributed by atoms with Crippen molar-refractivity contribution in [2.24, 2.45) is 0 Å². The third-order valence-corrected chi connectivity index (χ3v) is 2.25. The average molecular weight is 265 g/mol. The summed E-state index contributed by atoms with van der Waals surface area (Å²) in [6.07, 6.45) is -0.522. The van der Waals surface area contributed by atoms with E-state index in [1.807, 2.05) is 26.8 Å². The zero-order valence-corrected chi connectivity index (χ0v) is 11.4. The zero-order chi connectivity index (χ0) is 14.5. The van der Waals surface area contributed by atoms with Crippen molar-refractivity contribution in [3.05, 3.63) is 35.4 Å². The minimum Gasteiger partial charge on any atom is -0.465 e. The molecule has 1 aromatic carbocycles. The van der Waals surface area contributed by atoms with Gasteiger partial charge in [-0.2, -0.15) is 0 Å². The fourth-order valence-electron chi connectivity index (χ4n) is 1.50. The molecule has 1 aromatic rings. The zero-order valence-electron chi connectivity index (χ0n) is 11.4. The second-order valence-electron chi connectivity index (χ2n) is 5.18. The molecule has 0 fully saturated rings. The van der Waals surface area contributed by atoms with Crippen molar-refractivity contribution in [2.45, 2.75) is 32.8 Å². The number of amides is 1. The van der Waals surface area contributed by atoms with Gasteiger partial charge >= 0.3 is 12.1 Å². The number of esters is 1. The molecule has 0 atom stereocenters. The Morgan fingerprint density at radius 1 is 1.32 bits per heavy atom. The molecule has 0 heterocycles.